The van der Waals surface area contributed by atoms with Crippen molar-refractivity contribution in [2.45, 2.75) is 25.9 Å². The zero-order chi connectivity index (χ0) is 14.5. The van der Waals surface area contributed by atoms with E-state index in [9.17, 15) is 0 Å². The summed E-state index contributed by atoms with van der Waals surface area (Å²) in [4.78, 5) is 4.99. The average Bonchev–Trinajstić information content (AvgIpc) is 2.47. The van der Waals surface area contributed by atoms with E-state index in [1.165, 1.54) is 0 Å². The number of piperazine rings is 1. The number of ether oxygens (including phenoxy) is 1. The van der Waals surface area contributed by atoms with E-state index in [4.69, 9.17) is 10.5 Å². The highest BCUT2D eigenvalue weighted by atomic mass is 16.5. The second-order valence-electron chi connectivity index (χ2n) is 5.59. The van der Waals surface area contributed by atoms with Crippen molar-refractivity contribution >= 4 is 0 Å². The van der Waals surface area contributed by atoms with Crippen LogP contribution in [0.2, 0.25) is 0 Å². The second kappa shape index (κ2) is 7.07. The highest BCUT2D eigenvalue weighted by molar-refractivity contribution is 5.35. The number of para-hydroxylation sites is 1. The summed E-state index contributed by atoms with van der Waals surface area (Å²) >= 11 is 0. The number of rotatable bonds is 5. The third-order valence-electron chi connectivity index (χ3n) is 4.25. The third-order valence-corrected chi connectivity index (χ3v) is 4.25. The van der Waals surface area contributed by atoms with Gasteiger partial charge in [0.25, 0.3) is 0 Å². The molecule has 0 amide bonds. The lowest BCUT2D eigenvalue weighted by Crippen LogP contribution is -2.52. The highest BCUT2D eigenvalue weighted by Gasteiger charge is 2.24. The number of hydrogen-bond donors (Lipinski definition) is 1. The van der Waals surface area contributed by atoms with Crippen molar-refractivity contribution in [3.63, 3.8) is 0 Å². The molecule has 1 aliphatic rings. The molecule has 112 valence electrons. The number of hydrogen-bond acceptors (Lipinski definition) is 4. The number of benzene rings is 1. The summed E-state index contributed by atoms with van der Waals surface area (Å²) in [6.45, 7) is 9.88. The SMILES string of the molecule is CCN1CCN(CC(N)c2ccccc2OC)CC1C. The predicted octanol–water partition coefficient (Wildman–Crippen LogP) is 1.72. The van der Waals surface area contributed by atoms with Gasteiger partial charge < -0.3 is 10.5 Å². The van der Waals surface area contributed by atoms with Crippen molar-refractivity contribution in [3.8, 4) is 5.75 Å². The van der Waals surface area contributed by atoms with E-state index in [-0.39, 0.29) is 6.04 Å². The van der Waals surface area contributed by atoms with Crippen LogP contribution in [0.15, 0.2) is 24.3 Å². The fourth-order valence-electron chi connectivity index (χ4n) is 3.06. The average molecular weight is 277 g/mol. The molecule has 4 nitrogen and oxygen atoms in total. The maximum absolute atomic E-state index is 6.38. The van der Waals surface area contributed by atoms with Crippen LogP contribution in [0.1, 0.15) is 25.5 Å². The van der Waals surface area contributed by atoms with E-state index >= 15 is 0 Å². The van der Waals surface area contributed by atoms with Crippen LogP contribution >= 0.6 is 0 Å². The maximum atomic E-state index is 6.38. The summed E-state index contributed by atoms with van der Waals surface area (Å²) in [5.74, 6) is 0.889. The molecular formula is C16H27N3O. The Bertz CT molecular complexity index is 424. The monoisotopic (exact) mass is 277 g/mol. The van der Waals surface area contributed by atoms with Gasteiger partial charge in [-0.3, -0.25) is 9.80 Å². The number of methoxy groups -OCH3 is 1. The number of nitrogens with zero attached hydrogens (tertiary/aromatic N) is 2. The summed E-state index contributed by atoms with van der Waals surface area (Å²) in [5, 5.41) is 0. The molecule has 0 saturated carbocycles. The molecule has 0 aromatic heterocycles. The van der Waals surface area contributed by atoms with Gasteiger partial charge >= 0.3 is 0 Å². The number of likely N-dealkylation sites (N-methyl/N-ethyl adjacent to an activating group) is 1. The summed E-state index contributed by atoms with van der Waals surface area (Å²) < 4.78 is 5.40. The van der Waals surface area contributed by atoms with Gasteiger partial charge in [0.15, 0.2) is 0 Å². The number of nitrogens with two attached hydrogens (primary N) is 1. The van der Waals surface area contributed by atoms with Gasteiger partial charge in [-0.2, -0.15) is 0 Å². The fourth-order valence-corrected chi connectivity index (χ4v) is 3.06. The molecule has 2 N–H and O–H groups in total. The molecule has 1 heterocycles. The van der Waals surface area contributed by atoms with Gasteiger partial charge in [0, 0.05) is 43.8 Å². The summed E-state index contributed by atoms with van der Waals surface area (Å²) in [7, 11) is 1.70. The Kier molecular flexibility index (Phi) is 5.40. The van der Waals surface area contributed by atoms with Gasteiger partial charge in [-0.1, -0.05) is 25.1 Å². The van der Waals surface area contributed by atoms with Crippen LogP contribution in [0.25, 0.3) is 0 Å². The topological polar surface area (TPSA) is 41.7 Å². The lowest BCUT2D eigenvalue weighted by molar-refractivity contribution is 0.0840. The standard InChI is InChI=1S/C16H27N3O/c1-4-19-10-9-18(11-13(19)2)12-15(17)14-7-5-6-8-16(14)20-3/h5-8,13,15H,4,9-12,17H2,1-3H3. The molecule has 1 aromatic rings. The van der Waals surface area contributed by atoms with Crippen LogP contribution < -0.4 is 10.5 Å². The highest BCUT2D eigenvalue weighted by Crippen LogP contribution is 2.24. The molecule has 1 aliphatic heterocycles. The molecule has 0 spiro atoms. The van der Waals surface area contributed by atoms with Crippen molar-refractivity contribution in [1.82, 2.24) is 9.80 Å². The van der Waals surface area contributed by atoms with Crippen LogP contribution in [0.5, 0.6) is 5.75 Å². The first-order valence-corrected chi connectivity index (χ1v) is 7.50. The Morgan fingerprint density at radius 1 is 1.35 bits per heavy atom. The Morgan fingerprint density at radius 3 is 2.75 bits per heavy atom. The first kappa shape index (κ1) is 15.3. The van der Waals surface area contributed by atoms with E-state index in [2.05, 4.69) is 29.7 Å². The lowest BCUT2D eigenvalue weighted by Gasteiger charge is -2.40. The molecule has 4 heteroatoms. The Balaban J connectivity index is 1.96. The molecule has 1 saturated heterocycles. The molecule has 2 unspecified atom stereocenters. The molecule has 1 fully saturated rings. The van der Waals surface area contributed by atoms with E-state index in [0.717, 1.165) is 44.0 Å². The minimum atomic E-state index is 0.00604. The van der Waals surface area contributed by atoms with Crippen LogP contribution in [0, 0.1) is 0 Å². The van der Waals surface area contributed by atoms with Gasteiger partial charge in [0.1, 0.15) is 5.75 Å². The normalized spacial score (nSPS) is 22.7. The van der Waals surface area contributed by atoms with E-state index in [1.807, 2.05) is 18.2 Å². The van der Waals surface area contributed by atoms with Crippen LogP contribution in [-0.2, 0) is 0 Å². The fraction of sp³-hybridized carbons (Fsp3) is 0.625. The van der Waals surface area contributed by atoms with Gasteiger partial charge in [-0.15, -0.1) is 0 Å². The first-order chi connectivity index (χ1) is 9.65. The third kappa shape index (κ3) is 3.51. The van der Waals surface area contributed by atoms with Crippen LogP contribution in [-0.4, -0.2) is 55.7 Å². The largest absolute Gasteiger partial charge is 0.496 e. The molecule has 0 bridgehead atoms. The van der Waals surface area contributed by atoms with E-state index in [1.54, 1.807) is 7.11 Å². The molecule has 0 aliphatic carbocycles. The van der Waals surface area contributed by atoms with Crippen molar-refractivity contribution < 1.29 is 4.74 Å². The zero-order valence-corrected chi connectivity index (χ0v) is 12.9. The van der Waals surface area contributed by atoms with Gasteiger partial charge in [0.2, 0.25) is 0 Å². The van der Waals surface area contributed by atoms with Crippen molar-refractivity contribution in [3.05, 3.63) is 29.8 Å². The molecule has 2 atom stereocenters. The molecule has 0 radical (unpaired) electrons. The van der Waals surface area contributed by atoms with Gasteiger partial charge in [0.05, 0.1) is 7.11 Å². The van der Waals surface area contributed by atoms with Crippen LogP contribution in [0.3, 0.4) is 0 Å². The summed E-state index contributed by atoms with van der Waals surface area (Å²) in [6, 6.07) is 8.67. The quantitative estimate of drug-likeness (QED) is 0.890. The Hall–Kier alpha value is -1.10. The molecule has 20 heavy (non-hydrogen) atoms. The Morgan fingerprint density at radius 2 is 2.10 bits per heavy atom. The Labute approximate surface area is 122 Å². The lowest BCUT2D eigenvalue weighted by atomic mass is 10.0. The smallest absolute Gasteiger partial charge is 0.123 e. The minimum Gasteiger partial charge on any atom is -0.496 e. The maximum Gasteiger partial charge on any atom is 0.123 e. The van der Waals surface area contributed by atoms with E-state index in [0.29, 0.717) is 6.04 Å². The predicted molar refractivity (Wildman–Crippen MR) is 83.1 cm³/mol. The zero-order valence-electron chi connectivity index (χ0n) is 12.9. The van der Waals surface area contributed by atoms with Gasteiger partial charge in [-0.05, 0) is 19.5 Å². The summed E-state index contributed by atoms with van der Waals surface area (Å²) in [5.41, 5.74) is 7.48. The molecule has 1 aromatic carbocycles. The second-order valence-corrected chi connectivity index (χ2v) is 5.59. The first-order valence-electron chi connectivity index (χ1n) is 7.50. The summed E-state index contributed by atoms with van der Waals surface area (Å²) in [6.07, 6.45) is 0. The van der Waals surface area contributed by atoms with Crippen molar-refractivity contribution in [2.75, 3.05) is 39.8 Å². The minimum absolute atomic E-state index is 0.00604. The van der Waals surface area contributed by atoms with Crippen LogP contribution in [0.4, 0.5) is 0 Å². The van der Waals surface area contributed by atoms with Gasteiger partial charge in [-0.25, -0.2) is 0 Å². The van der Waals surface area contributed by atoms with Crippen molar-refractivity contribution in [1.29, 1.82) is 0 Å². The molecular weight excluding hydrogens is 250 g/mol. The van der Waals surface area contributed by atoms with E-state index < -0.39 is 0 Å². The molecule has 2 rings (SSSR count). The van der Waals surface area contributed by atoms with Crippen molar-refractivity contribution in [2.24, 2.45) is 5.73 Å².